The molecule has 5 heteroatoms. The van der Waals surface area contributed by atoms with Crippen LogP contribution < -0.4 is 0 Å². The molecule has 20 heavy (non-hydrogen) atoms. The standard InChI is InChI=1S/C15H14N4O/c1-19(10-8-12-5-2-3-9-17-12)15(20)14-7-4-6-13(11-16)18-14/h2-7,9H,8,10H2,1H3. The molecule has 0 aliphatic carbocycles. The second-order valence-electron chi connectivity index (χ2n) is 4.32. The van der Waals surface area contributed by atoms with Gasteiger partial charge < -0.3 is 4.90 Å². The molecule has 2 aromatic rings. The van der Waals surface area contributed by atoms with Crippen molar-refractivity contribution in [3.05, 3.63) is 59.7 Å². The molecule has 0 N–H and O–H groups in total. The van der Waals surface area contributed by atoms with Crippen molar-refractivity contribution >= 4 is 5.91 Å². The van der Waals surface area contributed by atoms with Crippen molar-refractivity contribution < 1.29 is 4.79 Å². The lowest BCUT2D eigenvalue weighted by atomic mass is 10.2. The summed E-state index contributed by atoms with van der Waals surface area (Å²) in [5.41, 5.74) is 1.47. The number of carbonyl (C=O) groups excluding carboxylic acids is 1. The van der Waals surface area contributed by atoms with Crippen molar-refractivity contribution in [3.8, 4) is 6.07 Å². The van der Waals surface area contributed by atoms with Gasteiger partial charge in [0.2, 0.25) is 0 Å². The first-order chi connectivity index (χ1) is 9.70. The average molecular weight is 266 g/mol. The van der Waals surface area contributed by atoms with Crippen LogP contribution >= 0.6 is 0 Å². The van der Waals surface area contributed by atoms with Gasteiger partial charge in [0.15, 0.2) is 0 Å². The topological polar surface area (TPSA) is 69.9 Å². The lowest BCUT2D eigenvalue weighted by molar-refractivity contribution is 0.0790. The molecular formula is C15H14N4O. The first-order valence-corrected chi connectivity index (χ1v) is 6.23. The maximum atomic E-state index is 12.2. The Balaban J connectivity index is 2.00. The summed E-state index contributed by atoms with van der Waals surface area (Å²) >= 11 is 0. The lowest BCUT2D eigenvalue weighted by Crippen LogP contribution is -2.29. The van der Waals surface area contributed by atoms with E-state index >= 15 is 0 Å². The van der Waals surface area contributed by atoms with Crippen LogP contribution in [0.2, 0.25) is 0 Å². The van der Waals surface area contributed by atoms with Crippen LogP contribution in [0.15, 0.2) is 42.6 Å². The van der Waals surface area contributed by atoms with Crippen LogP contribution in [0.1, 0.15) is 21.9 Å². The SMILES string of the molecule is CN(CCc1ccccn1)C(=O)c1cccc(C#N)n1. The van der Waals surface area contributed by atoms with Gasteiger partial charge in [0.05, 0.1) is 0 Å². The van der Waals surface area contributed by atoms with Crippen LogP contribution in [0.25, 0.3) is 0 Å². The zero-order valence-corrected chi connectivity index (χ0v) is 11.2. The molecule has 2 rings (SSSR count). The van der Waals surface area contributed by atoms with Crippen molar-refractivity contribution in [2.75, 3.05) is 13.6 Å². The molecule has 0 aromatic carbocycles. The van der Waals surface area contributed by atoms with E-state index in [4.69, 9.17) is 5.26 Å². The van der Waals surface area contributed by atoms with Crippen molar-refractivity contribution in [1.29, 1.82) is 5.26 Å². The number of rotatable bonds is 4. The Morgan fingerprint density at radius 2 is 2.15 bits per heavy atom. The smallest absolute Gasteiger partial charge is 0.272 e. The summed E-state index contributed by atoms with van der Waals surface area (Å²) in [6, 6.07) is 12.5. The molecule has 0 bridgehead atoms. The Labute approximate surface area is 117 Å². The minimum atomic E-state index is -0.196. The third kappa shape index (κ3) is 3.39. The molecule has 5 nitrogen and oxygen atoms in total. The van der Waals surface area contributed by atoms with Crippen LogP contribution in [-0.4, -0.2) is 34.4 Å². The maximum Gasteiger partial charge on any atom is 0.272 e. The summed E-state index contributed by atoms with van der Waals surface area (Å²) in [5.74, 6) is -0.196. The highest BCUT2D eigenvalue weighted by Gasteiger charge is 2.13. The molecule has 100 valence electrons. The minimum Gasteiger partial charge on any atom is -0.340 e. The van der Waals surface area contributed by atoms with Gasteiger partial charge in [0, 0.05) is 31.9 Å². The van der Waals surface area contributed by atoms with Crippen molar-refractivity contribution in [3.63, 3.8) is 0 Å². The fourth-order valence-corrected chi connectivity index (χ4v) is 1.74. The third-order valence-corrected chi connectivity index (χ3v) is 2.86. The zero-order valence-electron chi connectivity index (χ0n) is 11.2. The fourth-order valence-electron chi connectivity index (χ4n) is 1.74. The van der Waals surface area contributed by atoms with E-state index in [1.165, 1.54) is 0 Å². The lowest BCUT2D eigenvalue weighted by Gasteiger charge is -2.16. The first kappa shape index (κ1) is 13.7. The molecule has 0 atom stereocenters. The van der Waals surface area contributed by atoms with Gasteiger partial charge in [-0.2, -0.15) is 5.26 Å². The number of aromatic nitrogens is 2. The van der Waals surface area contributed by atoms with E-state index in [0.717, 1.165) is 5.69 Å². The van der Waals surface area contributed by atoms with Crippen molar-refractivity contribution in [2.45, 2.75) is 6.42 Å². The summed E-state index contributed by atoms with van der Waals surface area (Å²) in [6.07, 6.45) is 2.41. The highest BCUT2D eigenvalue weighted by Crippen LogP contribution is 2.04. The number of hydrogen-bond acceptors (Lipinski definition) is 4. The number of nitrogens with zero attached hydrogens (tertiary/aromatic N) is 4. The van der Waals surface area contributed by atoms with Crippen LogP contribution in [0.4, 0.5) is 0 Å². The molecule has 0 radical (unpaired) electrons. The van der Waals surface area contributed by atoms with Crippen LogP contribution in [-0.2, 0) is 6.42 Å². The van der Waals surface area contributed by atoms with Gasteiger partial charge in [0.1, 0.15) is 17.5 Å². The molecule has 2 heterocycles. The second-order valence-corrected chi connectivity index (χ2v) is 4.32. The number of amides is 1. The van der Waals surface area contributed by atoms with Crippen LogP contribution in [0, 0.1) is 11.3 Å². The number of carbonyl (C=O) groups is 1. The van der Waals surface area contributed by atoms with Gasteiger partial charge in [-0.15, -0.1) is 0 Å². The van der Waals surface area contributed by atoms with E-state index in [-0.39, 0.29) is 17.3 Å². The summed E-state index contributed by atoms with van der Waals surface area (Å²) in [4.78, 5) is 22.0. The van der Waals surface area contributed by atoms with Crippen LogP contribution in [0.5, 0.6) is 0 Å². The minimum absolute atomic E-state index is 0.196. The second kappa shape index (κ2) is 6.43. The van der Waals surface area contributed by atoms with Crippen molar-refractivity contribution in [1.82, 2.24) is 14.9 Å². The average Bonchev–Trinajstić information content (AvgIpc) is 2.53. The molecule has 0 saturated heterocycles. The number of pyridine rings is 2. The first-order valence-electron chi connectivity index (χ1n) is 6.23. The van der Waals surface area contributed by atoms with Gasteiger partial charge in [-0.05, 0) is 24.3 Å². The highest BCUT2D eigenvalue weighted by atomic mass is 16.2. The van der Waals surface area contributed by atoms with E-state index in [9.17, 15) is 4.79 Å². The molecular weight excluding hydrogens is 252 g/mol. The predicted octanol–water partition coefficient (Wildman–Crippen LogP) is 1.66. The maximum absolute atomic E-state index is 12.2. The molecule has 0 aliphatic rings. The van der Waals surface area contributed by atoms with Gasteiger partial charge in [0.25, 0.3) is 5.91 Å². The molecule has 2 aromatic heterocycles. The van der Waals surface area contributed by atoms with Gasteiger partial charge in [-0.25, -0.2) is 4.98 Å². The van der Waals surface area contributed by atoms with Gasteiger partial charge in [-0.1, -0.05) is 12.1 Å². The molecule has 0 saturated carbocycles. The number of hydrogen-bond donors (Lipinski definition) is 0. The number of nitriles is 1. The van der Waals surface area contributed by atoms with E-state index in [2.05, 4.69) is 9.97 Å². The third-order valence-electron chi connectivity index (χ3n) is 2.86. The fraction of sp³-hybridized carbons (Fsp3) is 0.200. The Morgan fingerprint density at radius 3 is 2.85 bits per heavy atom. The Kier molecular flexibility index (Phi) is 4.40. The van der Waals surface area contributed by atoms with Gasteiger partial charge in [-0.3, -0.25) is 9.78 Å². The van der Waals surface area contributed by atoms with E-state index in [1.807, 2.05) is 24.3 Å². The number of likely N-dealkylation sites (N-methyl/N-ethyl adjacent to an activating group) is 1. The van der Waals surface area contributed by atoms with Crippen LogP contribution in [0.3, 0.4) is 0 Å². The Morgan fingerprint density at radius 1 is 1.30 bits per heavy atom. The summed E-state index contributed by atoms with van der Waals surface area (Å²) < 4.78 is 0. The van der Waals surface area contributed by atoms with E-state index in [1.54, 1.807) is 36.3 Å². The highest BCUT2D eigenvalue weighted by molar-refractivity contribution is 5.92. The summed E-state index contributed by atoms with van der Waals surface area (Å²) in [6.45, 7) is 0.550. The van der Waals surface area contributed by atoms with E-state index < -0.39 is 0 Å². The normalized spacial score (nSPS) is 9.80. The Bertz CT molecular complexity index is 634. The molecule has 1 amide bonds. The molecule has 0 spiro atoms. The zero-order chi connectivity index (χ0) is 14.4. The molecule has 0 aliphatic heterocycles. The predicted molar refractivity (Wildman–Crippen MR) is 73.9 cm³/mol. The van der Waals surface area contributed by atoms with E-state index in [0.29, 0.717) is 13.0 Å². The van der Waals surface area contributed by atoms with Crippen molar-refractivity contribution in [2.24, 2.45) is 0 Å². The van der Waals surface area contributed by atoms with Gasteiger partial charge >= 0.3 is 0 Å². The quantitative estimate of drug-likeness (QED) is 0.844. The summed E-state index contributed by atoms with van der Waals surface area (Å²) in [7, 11) is 1.71. The largest absolute Gasteiger partial charge is 0.340 e. The Hall–Kier alpha value is -2.74. The molecule has 0 unspecified atom stereocenters. The summed E-state index contributed by atoms with van der Waals surface area (Å²) in [5, 5.41) is 8.79. The molecule has 0 fully saturated rings. The monoisotopic (exact) mass is 266 g/mol.